The van der Waals surface area contributed by atoms with Gasteiger partial charge < -0.3 is 14.2 Å². The van der Waals surface area contributed by atoms with Crippen molar-refractivity contribution in [3.8, 4) is 0 Å². The smallest absolute Gasteiger partial charge is 0.306 e. The van der Waals surface area contributed by atoms with Crippen LogP contribution in [0.5, 0.6) is 0 Å². The van der Waals surface area contributed by atoms with E-state index in [9.17, 15) is 14.4 Å². The van der Waals surface area contributed by atoms with Crippen molar-refractivity contribution < 1.29 is 28.6 Å². The van der Waals surface area contributed by atoms with E-state index in [2.05, 4.69) is 34.6 Å². The molecule has 0 aromatic rings. The van der Waals surface area contributed by atoms with E-state index in [0.29, 0.717) is 19.3 Å². The minimum Gasteiger partial charge on any atom is -0.462 e. The number of ether oxygens (including phenoxy) is 3. The molecule has 0 aromatic heterocycles. The van der Waals surface area contributed by atoms with E-state index in [0.717, 1.165) is 69.6 Å². The van der Waals surface area contributed by atoms with Gasteiger partial charge in [-0.25, -0.2) is 0 Å². The second-order valence-electron chi connectivity index (χ2n) is 19.0. The lowest BCUT2D eigenvalue weighted by molar-refractivity contribution is -0.167. The van der Waals surface area contributed by atoms with Crippen molar-refractivity contribution in [1.82, 2.24) is 0 Å². The van der Waals surface area contributed by atoms with Gasteiger partial charge in [-0.3, -0.25) is 14.4 Å². The normalized spacial score (nSPS) is 12.9. The van der Waals surface area contributed by atoms with Crippen LogP contribution in [0.4, 0.5) is 0 Å². The predicted octanol–water partition coefficient (Wildman–Crippen LogP) is 17.3. The Morgan fingerprint density at radius 1 is 0.333 bits per heavy atom. The summed E-state index contributed by atoms with van der Waals surface area (Å²) < 4.78 is 16.8. The van der Waals surface area contributed by atoms with Crippen LogP contribution in [0.1, 0.15) is 298 Å². The van der Waals surface area contributed by atoms with E-state index in [1.807, 2.05) is 0 Å². The van der Waals surface area contributed by atoms with Gasteiger partial charge in [0.15, 0.2) is 6.10 Å². The van der Waals surface area contributed by atoms with Crippen molar-refractivity contribution in [3.05, 3.63) is 0 Å². The number of hydrogen-bond acceptors (Lipinski definition) is 6. The molecule has 0 aliphatic carbocycles. The Kier molecular flexibility index (Phi) is 45.7. The molecule has 0 aliphatic rings. The van der Waals surface area contributed by atoms with Gasteiger partial charge in [0.1, 0.15) is 13.2 Å². The zero-order chi connectivity index (χ0) is 44.0. The van der Waals surface area contributed by atoms with E-state index in [-0.39, 0.29) is 31.1 Å². The minimum atomic E-state index is -0.761. The highest BCUT2D eigenvalue weighted by atomic mass is 16.6. The zero-order valence-electron chi connectivity index (χ0n) is 41.1. The average molecular weight is 849 g/mol. The molecule has 356 valence electrons. The van der Waals surface area contributed by atoms with Crippen molar-refractivity contribution in [1.29, 1.82) is 0 Å². The number of carbonyl (C=O) groups is 3. The number of unbranched alkanes of at least 4 members (excludes halogenated alkanes) is 31. The van der Waals surface area contributed by atoms with E-state index in [1.54, 1.807) is 0 Å². The van der Waals surface area contributed by atoms with Gasteiger partial charge in [0.05, 0.1) is 0 Å². The van der Waals surface area contributed by atoms with Gasteiger partial charge in [0.25, 0.3) is 0 Å². The quantitative estimate of drug-likeness (QED) is 0.0345. The molecule has 0 saturated heterocycles. The van der Waals surface area contributed by atoms with Crippen LogP contribution in [-0.2, 0) is 28.6 Å². The van der Waals surface area contributed by atoms with Gasteiger partial charge in [-0.2, -0.15) is 0 Å². The minimum absolute atomic E-state index is 0.0635. The Bertz CT molecular complexity index is 920. The van der Waals surface area contributed by atoms with E-state index < -0.39 is 6.10 Å². The highest BCUT2D eigenvalue weighted by Crippen LogP contribution is 2.18. The summed E-state index contributed by atoms with van der Waals surface area (Å²) in [5, 5.41) is 0. The average Bonchev–Trinajstić information content (AvgIpc) is 3.25. The molecule has 6 heteroatoms. The standard InChI is InChI=1S/C54H104O6/c1-6-9-10-11-12-13-24-31-36-41-46-54(57)60-51(48-59-53(56)45-40-35-30-26-21-20-23-28-33-38-43-50(5)8-3)47-58-52(55)44-39-34-29-25-19-17-15-14-16-18-22-27-32-37-42-49(4)7-2/h49-51H,6-48H2,1-5H3/t49?,50?,51-/m1/s1. The van der Waals surface area contributed by atoms with Crippen LogP contribution in [0.15, 0.2) is 0 Å². The van der Waals surface area contributed by atoms with Crippen molar-refractivity contribution in [3.63, 3.8) is 0 Å². The van der Waals surface area contributed by atoms with Crippen molar-refractivity contribution in [2.45, 2.75) is 304 Å². The second-order valence-corrected chi connectivity index (χ2v) is 19.0. The largest absolute Gasteiger partial charge is 0.462 e. The molecule has 0 rings (SSSR count). The molecule has 0 aliphatic heterocycles. The molecule has 0 spiro atoms. The summed E-state index contributed by atoms with van der Waals surface area (Å²) in [7, 11) is 0. The fourth-order valence-corrected chi connectivity index (χ4v) is 8.10. The molecule has 60 heavy (non-hydrogen) atoms. The van der Waals surface area contributed by atoms with Gasteiger partial charge in [-0.1, -0.05) is 259 Å². The first kappa shape index (κ1) is 58.4. The third-order valence-electron chi connectivity index (χ3n) is 12.9. The summed E-state index contributed by atoms with van der Waals surface area (Å²) in [6.07, 6.45) is 47.9. The van der Waals surface area contributed by atoms with Crippen molar-refractivity contribution in [2.24, 2.45) is 11.8 Å². The topological polar surface area (TPSA) is 78.9 Å². The van der Waals surface area contributed by atoms with Crippen LogP contribution in [0.2, 0.25) is 0 Å². The maximum absolute atomic E-state index is 12.7. The molecule has 0 bridgehead atoms. The molecule has 0 radical (unpaired) electrons. The number of hydrogen-bond donors (Lipinski definition) is 0. The molecular weight excluding hydrogens is 745 g/mol. The summed E-state index contributed by atoms with van der Waals surface area (Å²) in [4.78, 5) is 37.9. The lowest BCUT2D eigenvalue weighted by Crippen LogP contribution is -2.30. The van der Waals surface area contributed by atoms with Crippen LogP contribution in [-0.4, -0.2) is 37.2 Å². The highest BCUT2D eigenvalue weighted by Gasteiger charge is 2.19. The Morgan fingerprint density at radius 2 is 0.583 bits per heavy atom. The SMILES string of the molecule is CCCCCCCCCCCCC(=O)O[C@H](COC(=O)CCCCCCCCCCCCCCCCC(C)CC)COC(=O)CCCCCCCCCCCCC(C)CC. The summed E-state index contributed by atoms with van der Waals surface area (Å²) >= 11 is 0. The molecule has 3 atom stereocenters. The van der Waals surface area contributed by atoms with E-state index in [4.69, 9.17) is 14.2 Å². The fourth-order valence-electron chi connectivity index (χ4n) is 8.10. The third kappa shape index (κ3) is 44.5. The summed E-state index contributed by atoms with van der Waals surface area (Å²) in [6.45, 7) is 11.4. The molecule has 0 heterocycles. The number of rotatable bonds is 48. The Morgan fingerprint density at radius 3 is 0.867 bits per heavy atom. The van der Waals surface area contributed by atoms with Crippen LogP contribution in [0.3, 0.4) is 0 Å². The molecule has 0 N–H and O–H groups in total. The third-order valence-corrected chi connectivity index (χ3v) is 12.9. The van der Waals surface area contributed by atoms with Gasteiger partial charge in [0.2, 0.25) is 0 Å². The number of esters is 3. The monoisotopic (exact) mass is 849 g/mol. The van der Waals surface area contributed by atoms with Gasteiger partial charge >= 0.3 is 17.9 Å². The predicted molar refractivity (Wildman–Crippen MR) is 256 cm³/mol. The molecule has 0 amide bonds. The van der Waals surface area contributed by atoms with Gasteiger partial charge in [-0.05, 0) is 31.1 Å². The fraction of sp³-hybridized carbons (Fsp3) is 0.944. The van der Waals surface area contributed by atoms with Crippen LogP contribution in [0, 0.1) is 11.8 Å². The van der Waals surface area contributed by atoms with Gasteiger partial charge in [-0.15, -0.1) is 0 Å². The van der Waals surface area contributed by atoms with Crippen LogP contribution >= 0.6 is 0 Å². The molecular formula is C54H104O6. The van der Waals surface area contributed by atoms with Gasteiger partial charge in [0, 0.05) is 19.3 Å². The first-order valence-corrected chi connectivity index (χ1v) is 26.8. The van der Waals surface area contributed by atoms with Crippen LogP contribution < -0.4 is 0 Å². The molecule has 0 aromatic carbocycles. The second kappa shape index (κ2) is 46.9. The van der Waals surface area contributed by atoms with Crippen molar-refractivity contribution >= 4 is 17.9 Å². The van der Waals surface area contributed by atoms with E-state index in [1.165, 1.54) is 186 Å². The van der Waals surface area contributed by atoms with E-state index >= 15 is 0 Å². The lowest BCUT2D eigenvalue weighted by atomic mass is 9.99. The molecule has 6 nitrogen and oxygen atoms in total. The molecule has 2 unspecified atom stereocenters. The Hall–Kier alpha value is -1.59. The molecule has 0 saturated carbocycles. The maximum Gasteiger partial charge on any atom is 0.306 e. The Balaban J connectivity index is 4.25. The summed E-state index contributed by atoms with van der Waals surface area (Å²) in [5.74, 6) is 0.918. The first-order valence-electron chi connectivity index (χ1n) is 26.8. The summed E-state index contributed by atoms with van der Waals surface area (Å²) in [5.41, 5.74) is 0. The molecule has 0 fully saturated rings. The Labute approximate surface area is 374 Å². The zero-order valence-corrected chi connectivity index (χ0v) is 41.1. The number of carbonyl (C=O) groups excluding carboxylic acids is 3. The summed E-state index contributed by atoms with van der Waals surface area (Å²) in [6, 6.07) is 0. The van der Waals surface area contributed by atoms with Crippen molar-refractivity contribution in [2.75, 3.05) is 13.2 Å². The first-order chi connectivity index (χ1) is 29.3. The van der Waals surface area contributed by atoms with Crippen LogP contribution in [0.25, 0.3) is 0 Å². The maximum atomic E-state index is 12.7. The lowest BCUT2D eigenvalue weighted by Gasteiger charge is -2.18. The highest BCUT2D eigenvalue weighted by molar-refractivity contribution is 5.71.